The summed E-state index contributed by atoms with van der Waals surface area (Å²) >= 11 is 0. The Bertz CT molecular complexity index is 1280. The first-order chi connectivity index (χ1) is 14.9. The Labute approximate surface area is 178 Å². The predicted molar refractivity (Wildman–Crippen MR) is 118 cm³/mol. The molecule has 9 nitrogen and oxygen atoms in total. The van der Waals surface area contributed by atoms with Gasteiger partial charge in [-0.05, 0) is 18.6 Å². The zero-order valence-electron chi connectivity index (χ0n) is 17.1. The second kappa shape index (κ2) is 8.23. The quantitative estimate of drug-likeness (QED) is 0.430. The predicted octanol–water partition coefficient (Wildman–Crippen LogP) is 2.81. The van der Waals surface area contributed by atoms with Crippen molar-refractivity contribution in [3.63, 3.8) is 0 Å². The highest BCUT2D eigenvalue weighted by Crippen LogP contribution is 2.25. The van der Waals surface area contributed by atoms with Gasteiger partial charge in [0, 0.05) is 31.5 Å². The lowest BCUT2D eigenvalue weighted by Gasteiger charge is -2.09. The molecule has 0 fully saturated rings. The lowest BCUT2D eigenvalue weighted by Crippen LogP contribution is -2.28. The molecule has 0 saturated heterocycles. The van der Waals surface area contributed by atoms with E-state index in [1.165, 1.54) is 18.7 Å². The van der Waals surface area contributed by atoms with E-state index in [2.05, 4.69) is 25.6 Å². The molecule has 0 spiro atoms. The van der Waals surface area contributed by atoms with Crippen LogP contribution < -0.4 is 16.4 Å². The minimum Gasteiger partial charge on any atom is -0.383 e. The van der Waals surface area contributed by atoms with Gasteiger partial charge < -0.3 is 20.9 Å². The van der Waals surface area contributed by atoms with Crippen molar-refractivity contribution in [2.24, 2.45) is 7.05 Å². The Hall–Kier alpha value is -4.27. The summed E-state index contributed by atoms with van der Waals surface area (Å²) in [5.74, 6) is -0.0602. The first-order valence-electron chi connectivity index (χ1n) is 9.58. The molecular weight excluding hydrogens is 394 g/mol. The van der Waals surface area contributed by atoms with Gasteiger partial charge in [-0.15, -0.1) is 0 Å². The number of carbonyl (C=O) groups is 2. The Morgan fingerprint density at radius 1 is 1.13 bits per heavy atom. The number of urea groups is 1. The van der Waals surface area contributed by atoms with Crippen molar-refractivity contribution in [2.75, 3.05) is 11.1 Å². The zero-order chi connectivity index (χ0) is 22.0. The number of anilines is 2. The summed E-state index contributed by atoms with van der Waals surface area (Å²) in [6.07, 6.45) is 5.93. The summed E-state index contributed by atoms with van der Waals surface area (Å²) in [5, 5.41) is 5.98. The molecule has 0 aliphatic heterocycles. The minimum atomic E-state index is -0.394. The largest absolute Gasteiger partial charge is 0.383 e. The van der Waals surface area contributed by atoms with Crippen molar-refractivity contribution < 1.29 is 9.59 Å². The molecule has 156 valence electrons. The van der Waals surface area contributed by atoms with Crippen LogP contribution in [0.4, 0.5) is 16.3 Å². The highest BCUT2D eigenvalue weighted by Gasteiger charge is 2.20. The second-order valence-corrected chi connectivity index (χ2v) is 7.20. The zero-order valence-corrected chi connectivity index (χ0v) is 17.1. The average molecular weight is 415 g/mol. The van der Waals surface area contributed by atoms with Crippen LogP contribution in [-0.2, 0) is 13.6 Å². The monoisotopic (exact) mass is 415 g/mol. The van der Waals surface area contributed by atoms with Gasteiger partial charge in [0.2, 0.25) is 0 Å². The Balaban J connectivity index is 1.50. The first-order valence-corrected chi connectivity index (χ1v) is 9.58. The number of nitrogens with zero attached hydrogens (tertiary/aromatic N) is 4. The normalized spacial score (nSPS) is 10.8. The molecule has 4 N–H and O–H groups in total. The van der Waals surface area contributed by atoms with Crippen LogP contribution in [0, 0.1) is 6.92 Å². The van der Waals surface area contributed by atoms with E-state index in [9.17, 15) is 9.59 Å². The van der Waals surface area contributed by atoms with Crippen LogP contribution in [0.25, 0.3) is 11.0 Å². The smallest absolute Gasteiger partial charge is 0.319 e. The maximum absolute atomic E-state index is 13.1. The SMILES string of the molecule is Cc1ccc(CNC(=O)Nc2cncc(C(=O)c3cn(C)c4ncnc(N)c34)c2)cc1. The molecule has 0 saturated carbocycles. The van der Waals surface area contributed by atoms with Crippen LogP contribution in [-0.4, -0.2) is 31.3 Å². The van der Waals surface area contributed by atoms with Crippen LogP contribution in [0.15, 0.2) is 55.2 Å². The minimum absolute atomic E-state index is 0.228. The number of pyridine rings is 1. The number of aryl methyl sites for hydroxylation is 2. The molecule has 4 rings (SSSR count). The third-order valence-corrected chi connectivity index (χ3v) is 4.86. The van der Waals surface area contributed by atoms with E-state index in [1.54, 1.807) is 23.9 Å². The highest BCUT2D eigenvalue weighted by atomic mass is 16.2. The summed E-state index contributed by atoms with van der Waals surface area (Å²) in [5.41, 5.74) is 9.76. The fraction of sp³-hybridized carbons (Fsp3) is 0.136. The van der Waals surface area contributed by atoms with Crippen LogP contribution in [0.1, 0.15) is 27.0 Å². The molecule has 0 aliphatic rings. The van der Waals surface area contributed by atoms with E-state index in [0.29, 0.717) is 34.4 Å². The molecule has 0 unspecified atom stereocenters. The molecular formula is C22H21N7O2. The molecule has 4 aromatic rings. The number of rotatable bonds is 5. The Kier molecular flexibility index (Phi) is 5.31. The van der Waals surface area contributed by atoms with Crippen molar-refractivity contribution in [1.29, 1.82) is 0 Å². The summed E-state index contributed by atoms with van der Waals surface area (Å²) in [6.45, 7) is 2.39. The van der Waals surface area contributed by atoms with Crippen LogP contribution in [0.5, 0.6) is 0 Å². The molecule has 0 aliphatic carbocycles. The molecule has 1 aromatic carbocycles. The fourth-order valence-corrected chi connectivity index (χ4v) is 3.26. The van der Waals surface area contributed by atoms with E-state index in [0.717, 1.165) is 11.1 Å². The standard InChI is InChI=1S/C22H21N7O2/c1-13-3-5-14(6-4-13)8-25-22(31)28-16-7-15(9-24-10-16)19(30)17-11-29(2)21-18(17)20(23)26-12-27-21/h3-7,9-12H,8H2,1-2H3,(H2,23,26,27)(H2,25,28,31). The van der Waals surface area contributed by atoms with Crippen LogP contribution >= 0.6 is 0 Å². The number of nitrogen functional groups attached to an aromatic ring is 1. The van der Waals surface area contributed by atoms with E-state index < -0.39 is 6.03 Å². The molecule has 3 heterocycles. The van der Waals surface area contributed by atoms with Crippen molar-refractivity contribution in [2.45, 2.75) is 13.5 Å². The number of nitrogens with one attached hydrogen (secondary N) is 2. The summed E-state index contributed by atoms with van der Waals surface area (Å²) in [7, 11) is 1.78. The number of hydrogen-bond acceptors (Lipinski definition) is 6. The average Bonchev–Trinajstić information content (AvgIpc) is 3.11. The molecule has 0 bridgehead atoms. The molecule has 3 aromatic heterocycles. The van der Waals surface area contributed by atoms with Crippen LogP contribution in [0.3, 0.4) is 0 Å². The Morgan fingerprint density at radius 2 is 1.90 bits per heavy atom. The van der Waals surface area contributed by atoms with E-state index >= 15 is 0 Å². The molecule has 0 atom stereocenters. The van der Waals surface area contributed by atoms with E-state index in [4.69, 9.17) is 5.73 Å². The van der Waals surface area contributed by atoms with Gasteiger partial charge in [0.05, 0.1) is 22.8 Å². The molecule has 31 heavy (non-hydrogen) atoms. The third kappa shape index (κ3) is 4.20. The van der Waals surface area contributed by atoms with Gasteiger partial charge in [0.25, 0.3) is 0 Å². The van der Waals surface area contributed by atoms with Crippen molar-refractivity contribution in [3.05, 3.63) is 77.5 Å². The van der Waals surface area contributed by atoms with Gasteiger partial charge in [-0.1, -0.05) is 29.8 Å². The molecule has 2 amide bonds. The Morgan fingerprint density at radius 3 is 2.68 bits per heavy atom. The summed E-state index contributed by atoms with van der Waals surface area (Å²) in [6, 6.07) is 9.05. The van der Waals surface area contributed by atoms with Gasteiger partial charge in [0.1, 0.15) is 17.8 Å². The van der Waals surface area contributed by atoms with Crippen LogP contribution in [0.2, 0.25) is 0 Å². The number of ketones is 1. The number of aromatic nitrogens is 4. The second-order valence-electron chi connectivity index (χ2n) is 7.20. The van der Waals surface area contributed by atoms with Crippen molar-refractivity contribution in [1.82, 2.24) is 24.8 Å². The van der Waals surface area contributed by atoms with E-state index in [-0.39, 0.29) is 11.6 Å². The number of nitrogens with two attached hydrogens (primary N) is 1. The van der Waals surface area contributed by atoms with Crippen molar-refractivity contribution in [3.8, 4) is 0 Å². The van der Waals surface area contributed by atoms with Gasteiger partial charge >= 0.3 is 6.03 Å². The lowest BCUT2D eigenvalue weighted by atomic mass is 10.1. The third-order valence-electron chi connectivity index (χ3n) is 4.86. The lowest BCUT2D eigenvalue weighted by molar-refractivity contribution is 0.103. The van der Waals surface area contributed by atoms with Crippen molar-refractivity contribution >= 4 is 34.4 Å². The van der Waals surface area contributed by atoms with Gasteiger partial charge in [-0.3, -0.25) is 9.78 Å². The number of amides is 2. The maximum atomic E-state index is 13.1. The molecule has 0 radical (unpaired) electrons. The molecule has 9 heteroatoms. The number of hydrogen-bond donors (Lipinski definition) is 3. The van der Waals surface area contributed by atoms with Gasteiger partial charge in [0.15, 0.2) is 5.78 Å². The van der Waals surface area contributed by atoms with E-state index in [1.807, 2.05) is 31.2 Å². The van der Waals surface area contributed by atoms with Gasteiger partial charge in [-0.2, -0.15) is 0 Å². The number of carbonyl (C=O) groups excluding carboxylic acids is 2. The number of benzene rings is 1. The number of fused-ring (bicyclic) bond motifs is 1. The fourth-order valence-electron chi connectivity index (χ4n) is 3.26. The summed E-state index contributed by atoms with van der Waals surface area (Å²) in [4.78, 5) is 37.6. The summed E-state index contributed by atoms with van der Waals surface area (Å²) < 4.78 is 1.72. The van der Waals surface area contributed by atoms with Gasteiger partial charge in [-0.25, -0.2) is 14.8 Å². The topological polar surface area (TPSA) is 128 Å². The first kappa shape index (κ1) is 20.0. The maximum Gasteiger partial charge on any atom is 0.319 e. The highest BCUT2D eigenvalue weighted by molar-refractivity contribution is 6.18.